The zero-order chi connectivity index (χ0) is 20.9. The first-order chi connectivity index (χ1) is 14.6. The molecular formula is C22H25N5O2S. The number of para-hydroxylation sites is 1. The van der Waals surface area contributed by atoms with Crippen LogP contribution in [0.5, 0.6) is 0 Å². The van der Waals surface area contributed by atoms with E-state index in [2.05, 4.69) is 26.3 Å². The molecule has 0 saturated carbocycles. The Morgan fingerprint density at radius 3 is 2.73 bits per heavy atom. The number of piperidine rings is 1. The highest BCUT2D eigenvalue weighted by Gasteiger charge is 2.25. The molecule has 4 rings (SSSR count). The van der Waals surface area contributed by atoms with Gasteiger partial charge in [-0.05, 0) is 73.6 Å². The number of anilines is 2. The number of nitrogens with zero attached hydrogens (tertiary/aromatic N) is 3. The predicted octanol–water partition coefficient (Wildman–Crippen LogP) is 3.62. The molecule has 1 aromatic heterocycles. The summed E-state index contributed by atoms with van der Waals surface area (Å²) >= 11 is 0.897. The molecule has 0 bridgehead atoms. The van der Waals surface area contributed by atoms with Crippen LogP contribution >= 0.6 is 11.8 Å². The predicted molar refractivity (Wildman–Crippen MR) is 120 cm³/mol. The van der Waals surface area contributed by atoms with Crippen LogP contribution in [0, 0.1) is 5.92 Å². The molecule has 2 aliphatic rings. The van der Waals surface area contributed by atoms with E-state index in [0.29, 0.717) is 22.5 Å². The lowest BCUT2D eigenvalue weighted by Gasteiger charge is -2.32. The second-order valence-electron chi connectivity index (χ2n) is 7.66. The van der Waals surface area contributed by atoms with E-state index in [1.807, 2.05) is 18.2 Å². The van der Waals surface area contributed by atoms with Gasteiger partial charge >= 0.3 is 0 Å². The summed E-state index contributed by atoms with van der Waals surface area (Å²) in [6.07, 6.45) is 8.95. The summed E-state index contributed by atoms with van der Waals surface area (Å²) in [4.78, 5) is 34.6. The Balaban J connectivity index is 1.29. The number of carbonyl (C=O) groups is 2. The number of benzene rings is 1. The summed E-state index contributed by atoms with van der Waals surface area (Å²) in [5.41, 5.74) is 8.80. The van der Waals surface area contributed by atoms with E-state index in [9.17, 15) is 9.59 Å². The number of hydrogen-bond donors (Lipinski definition) is 2. The number of aromatic nitrogens is 2. The van der Waals surface area contributed by atoms with Crippen molar-refractivity contribution in [3.05, 3.63) is 52.7 Å². The van der Waals surface area contributed by atoms with Crippen LogP contribution in [0.15, 0.2) is 41.4 Å². The first-order valence-corrected chi connectivity index (χ1v) is 11.1. The number of thioether (sulfide) groups is 1. The number of nitrogens with two attached hydrogens (primary N) is 1. The highest BCUT2D eigenvalue weighted by Crippen LogP contribution is 2.27. The average Bonchev–Trinajstić information content (AvgIpc) is 3.07. The fourth-order valence-corrected chi connectivity index (χ4v) is 4.58. The third-order valence-corrected chi connectivity index (χ3v) is 6.41. The van der Waals surface area contributed by atoms with Crippen molar-refractivity contribution in [3.63, 3.8) is 0 Å². The van der Waals surface area contributed by atoms with Gasteiger partial charge in [0, 0.05) is 25.0 Å². The lowest BCUT2D eigenvalue weighted by Crippen LogP contribution is -2.35. The first kappa shape index (κ1) is 20.4. The number of imide groups is 1. The van der Waals surface area contributed by atoms with E-state index in [0.717, 1.165) is 56.2 Å². The van der Waals surface area contributed by atoms with Crippen LogP contribution in [0.2, 0.25) is 0 Å². The van der Waals surface area contributed by atoms with Gasteiger partial charge in [-0.15, -0.1) is 0 Å². The molecule has 7 nitrogen and oxygen atoms in total. The largest absolute Gasteiger partial charge is 0.399 e. The van der Waals surface area contributed by atoms with Crippen LogP contribution in [0.25, 0.3) is 6.08 Å². The van der Waals surface area contributed by atoms with Crippen LogP contribution in [-0.2, 0) is 11.2 Å². The minimum atomic E-state index is -0.372. The third-order valence-electron chi connectivity index (χ3n) is 5.60. The molecule has 1 aromatic carbocycles. The number of nitrogens with one attached hydrogen (secondary N) is 1. The van der Waals surface area contributed by atoms with Gasteiger partial charge in [0.05, 0.1) is 10.6 Å². The quantitative estimate of drug-likeness (QED) is 0.540. The molecule has 0 atom stereocenters. The van der Waals surface area contributed by atoms with Crippen LogP contribution in [0.4, 0.5) is 16.4 Å². The molecule has 3 heterocycles. The summed E-state index contributed by atoms with van der Waals surface area (Å²) in [5, 5.41) is 1.91. The fraction of sp³-hybridized carbons (Fsp3) is 0.364. The minimum absolute atomic E-state index is 0.349. The Labute approximate surface area is 180 Å². The summed E-state index contributed by atoms with van der Waals surface area (Å²) < 4.78 is 0. The Bertz CT molecular complexity index is 970. The smallest absolute Gasteiger partial charge is 0.290 e. The van der Waals surface area contributed by atoms with Gasteiger partial charge in [-0.3, -0.25) is 14.9 Å². The van der Waals surface area contributed by atoms with E-state index in [-0.39, 0.29) is 11.1 Å². The molecule has 8 heteroatoms. The van der Waals surface area contributed by atoms with Crippen molar-refractivity contribution in [1.82, 2.24) is 15.3 Å². The fourth-order valence-electron chi connectivity index (χ4n) is 3.91. The monoisotopic (exact) mass is 423 g/mol. The third kappa shape index (κ3) is 4.99. The number of nitrogen functional groups attached to an aromatic ring is 1. The number of rotatable bonds is 6. The SMILES string of the molecule is Nc1ccccc1CCCC1CCN(c2nccc(/C=C3\SC(=O)NC3=O)n2)CC1. The molecule has 2 fully saturated rings. The molecule has 3 N–H and O–H groups in total. The molecule has 2 amide bonds. The van der Waals surface area contributed by atoms with Gasteiger partial charge in [-0.2, -0.15) is 0 Å². The summed E-state index contributed by atoms with van der Waals surface area (Å²) in [5.74, 6) is 1.01. The highest BCUT2D eigenvalue weighted by atomic mass is 32.2. The molecule has 156 valence electrons. The molecular weight excluding hydrogens is 398 g/mol. The Morgan fingerprint density at radius 1 is 1.20 bits per heavy atom. The normalized spacial score (nSPS) is 18.8. The van der Waals surface area contributed by atoms with E-state index in [4.69, 9.17) is 5.73 Å². The lowest BCUT2D eigenvalue weighted by atomic mass is 9.90. The molecule has 2 aromatic rings. The van der Waals surface area contributed by atoms with Crippen LogP contribution in [-0.4, -0.2) is 34.2 Å². The number of aryl methyl sites for hydroxylation is 1. The van der Waals surface area contributed by atoms with E-state index < -0.39 is 0 Å². The van der Waals surface area contributed by atoms with E-state index in [1.165, 1.54) is 12.0 Å². The second-order valence-corrected chi connectivity index (χ2v) is 8.67. The molecule has 0 aliphatic carbocycles. The number of amides is 2. The zero-order valence-corrected chi connectivity index (χ0v) is 17.5. The highest BCUT2D eigenvalue weighted by molar-refractivity contribution is 8.18. The Hall–Kier alpha value is -2.87. The van der Waals surface area contributed by atoms with Crippen LogP contribution in [0.1, 0.15) is 36.9 Å². The van der Waals surface area contributed by atoms with Crippen molar-refractivity contribution in [2.24, 2.45) is 5.92 Å². The van der Waals surface area contributed by atoms with Gasteiger partial charge in [0.15, 0.2) is 0 Å². The van der Waals surface area contributed by atoms with Crippen LogP contribution < -0.4 is 16.0 Å². The van der Waals surface area contributed by atoms with E-state index in [1.54, 1.807) is 18.3 Å². The molecule has 0 spiro atoms. The number of hydrogen-bond acceptors (Lipinski definition) is 7. The van der Waals surface area contributed by atoms with Gasteiger partial charge in [0.1, 0.15) is 0 Å². The molecule has 2 aliphatic heterocycles. The second kappa shape index (κ2) is 9.30. The lowest BCUT2D eigenvalue weighted by molar-refractivity contribution is -0.115. The summed E-state index contributed by atoms with van der Waals surface area (Å²) in [6, 6.07) is 9.84. The molecule has 0 unspecified atom stereocenters. The van der Waals surface area contributed by atoms with Crippen LogP contribution in [0.3, 0.4) is 0 Å². The van der Waals surface area contributed by atoms with E-state index >= 15 is 0 Å². The number of carbonyl (C=O) groups excluding carboxylic acids is 2. The Kier molecular flexibility index (Phi) is 6.32. The van der Waals surface area contributed by atoms with Crippen molar-refractivity contribution < 1.29 is 9.59 Å². The first-order valence-electron chi connectivity index (χ1n) is 10.2. The summed E-state index contributed by atoms with van der Waals surface area (Å²) in [6.45, 7) is 1.85. The maximum Gasteiger partial charge on any atom is 0.290 e. The van der Waals surface area contributed by atoms with Crippen molar-refractivity contribution in [3.8, 4) is 0 Å². The molecule has 30 heavy (non-hydrogen) atoms. The maximum atomic E-state index is 11.7. The van der Waals surface area contributed by atoms with Crippen molar-refractivity contribution in [2.75, 3.05) is 23.7 Å². The van der Waals surface area contributed by atoms with Gasteiger partial charge in [-0.25, -0.2) is 9.97 Å². The van der Waals surface area contributed by atoms with Gasteiger partial charge in [0.2, 0.25) is 5.95 Å². The average molecular weight is 424 g/mol. The molecule has 0 radical (unpaired) electrons. The standard InChI is InChI=1S/C22H25N5O2S/c23-18-7-2-1-5-16(18)6-3-4-15-9-12-27(13-10-15)21-24-11-8-17(25-21)14-19-20(28)26-22(29)30-19/h1-2,5,7-8,11,14-15H,3-4,6,9-10,12-13,23H2,(H,26,28,29)/b19-14-. The van der Waals surface area contributed by atoms with Crippen molar-refractivity contribution in [1.29, 1.82) is 0 Å². The van der Waals surface area contributed by atoms with Gasteiger partial charge in [-0.1, -0.05) is 18.2 Å². The van der Waals surface area contributed by atoms with Gasteiger partial charge < -0.3 is 10.6 Å². The topological polar surface area (TPSA) is 101 Å². The Morgan fingerprint density at radius 2 is 2.00 bits per heavy atom. The summed E-state index contributed by atoms with van der Waals surface area (Å²) in [7, 11) is 0. The minimum Gasteiger partial charge on any atom is -0.399 e. The zero-order valence-electron chi connectivity index (χ0n) is 16.7. The van der Waals surface area contributed by atoms with Crippen molar-refractivity contribution in [2.45, 2.75) is 32.1 Å². The maximum absolute atomic E-state index is 11.7. The van der Waals surface area contributed by atoms with Crippen molar-refractivity contribution >= 4 is 40.6 Å². The molecule has 2 saturated heterocycles. The van der Waals surface area contributed by atoms with Gasteiger partial charge in [0.25, 0.3) is 11.1 Å².